The van der Waals surface area contributed by atoms with Crippen LogP contribution in [0.2, 0.25) is 0 Å². The molecule has 0 saturated heterocycles. The van der Waals surface area contributed by atoms with E-state index in [1.165, 1.54) is 4.90 Å². The van der Waals surface area contributed by atoms with Crippen LogP contribution in [-0.2, 0) is 0 Å². The highest BCUT2D eigenvalue weighted by Crippen LogP contribution is 2.28. The van der Waals surface area contributed by atoms with Crippen LogP contribution in [-0.4, -0.2) is 28.8 Å². The van der Waals surface area contributed by atoms with Gasteiger partial charge >= 0.3 is 0 Å². The van der Waals surface area contributed by atoms with Crippen LogP contribution >= 0.6 is 0 Å². The zero-order valence-electron chi connectivity index (χ0n) is 9.36. The normalized spacial score (nSPS) is 15.6. The van der Waals surface area contributed by atoms with Crippen molar-refractivity contribution in [1.29, 1.82) is 0 Å². The lowest BCUT2D eigenvalue weighted by Crippen LogP contribution is -2.52. The Morgan fingerprint density at radius 1 is 1.12 bits per heavy atom. The SMILES string of the molecule is CC(C)(CN)N1C(=O)c2ccccc2C1=O. The molecule has 1 aromatic rings. The van der Waals surface area contributed by atoms with Crippen LogP contribution in [0.25, 0.3) is 0 Å². The van der Waals surface area contributed by atoms with E-state index in [4.69, 9.17) is 5.73 Å². The van der Waals surface area contributed by atoms with Gasteiger partial charge in [-0.05, 0) is 26.0 Å². The van der Waals surface area contributed by atoms with E-state index in [1.54, 1.807) is 38.1 Å². The zero-order valence-corrected chi connectivity index (χ0v) is 9.36. The van der Waals surface area contributed by atoms with E-state index >= 15 is 0 Å². The van der Waals surface area contributed by atoms with E-state index < -0.39 is 5.54 Å². The van der Waals surface area contributed by atoms with Gasteiger partial charge in [-0.1, -0.05) is 12.1 Å². The molecule has 2 N–H and O–H groups in total. The minimum atomic E-state index is -0.646. The van der Waals surface area contributed by atoms with Crippen LogP contribution in [0.4, 0.5) is 0 Å². The fraction of sp³-hybridized carbons (Fsp3) is 0.333. The number of nitrogens with zero attached hydrogens (tertiary/aromatic N) is 1. The summed E-state index contributed by atoms with van der Waals surface area (Å²) in [7, 11) is 0. The molecule has 0 radical (unpaired) electrons. The smallest absolute Gasteiger partial charge is 0.262 e. The average Bonchev–Trinajstić information content (AvgIpc) is 2.53. The van der Waals surface area contributed by atoms with E-state index in [2.05, 4.69) is 0 Å². The van der Waals surface area contributed by atoms with Gasteiger partial charge in [0.05, 0.1) is 16.7 Å². The van der Waals surface area contributed by atoms with Gasteiger partial charge in [0.1, 0.15) is 0 Å². The number of hydrogen-bond acceptors (Lipinski definition) is 3. The van der Waals surface area contributed by atoms with Gasteiger partial charge in [-0.15, -0.1) is 0 Å². The van der Waals surface area contributed by atoms with Crippen molar-refractivity contribution in [3.63, 3.8) is 0 Å². The maximum absolute atomic E-state index is 12.1. The van der Waals surface area contributed by atoms with Crippen LogP contribution in [0.3, 0.4) is 0 Å². The number of carbonyl (C=O) groups excluding carboxylic acids is 2. The number of fused-ring (bicyclic) bond motifs is 1. The standard InChI is InChI=1S/C12H14N2O2/c1-12(2,7-13)14-10(15)8-5-3-4-6-9(8)11(14)16/h3-6H,7,13H2,1-2H3. The summed E-state index contributed by atoms with van der Waals surface area (Å²) in [4.78, 5) is 25.4. The lowest BCUT2D eigenvalue weighted by molar-refractivity contribution is 0.0493. The summed E-state index contributed by atoms with van der Waals surface area (Å²) in [6.07, 6.45) is 0. The molecule has 4 nitrogen and oxygen atoms in total. The van der Waals surface area contributed by atoms with Crippen LogP contribution in [0.15, 0.2) is 24.3 Å². The number of imide groups is 1. The summed E-state index contributed by atoms with van der Waals surface area (Å²) in [5, 5.41) is 0. The molecular formula is C12H14N2O2. The molecule has 2 amide bonds. The van der Waals surface area contributed by atoms with Crippen molar-refractivity contribution in [2.24, 2.45) is 5.73 Å². The molecule has 0 atom stereocenters. The average molecular weight is 218 g/mol. The Balaban J connectivity index is 2.51. The number of benzene rings is 1. The second kappa shape index (κ2) is 3.42. The largest absolute Gasteiger partial charge is 0.328 e. The van der Waals surface area contributed by atoms with Gasteiger partial charge in [0.2, 0.25) is 0 Å². The summed E-state index contributed by atoms with van der Waals surface area (Å²) in [6.45, 7) is 3.82. The van der Waals surface area contributed by atoms with Gasteiger partial charge in [-0.25, -0.2) is 0 Å². The maximum Gasteiger partial charge on any atom is 0.262 e. The molecule has 0 unspecified atom stereocenters. The Kier molecular flexibility index (Phi) is 2.31. The molecule has 84 valence electrons. The first-order valence-electron chi connectivity index (χ1n) is 5.17. The molecule has 1 aliphatic rings. The predicted molar refractivity (Wildman–Crippen MR) is 60.1 cm³/mol. The van der Waals surface area contributed by atoms with Gasteiger partial charge in [0, 0.05) is 6.54 Å². The molecule has 0 fully saturated rings. The monoisotopic (exact) mass is 218 g/mol. The minimum Gasteiger partial charge on any atom is -0.328 e. The van der Waals surface area contributed by atoms with Crippen LogP contribution in [0.1, 0.15) is 34.6 Å². The third-order valence-corrected chi connectivity index (χ3v) is 2.90. The van der Waals surface area contributed by atoms with E-state index in [-0.39, 0.29) is 18.4 Å². The molecule has 0 aromatic heterocycles. The molecule has 0 aliphatic carbocycles. The Bertz CT molecular complexity index is 431. The molecule has 4 heteroatoms. The molecule has 0 spiro atoms. The third-order valence-electron chi connectivity index (χ3n) is 2.90. The first kappa shape index (κ1) is 10.8. The molecule has 0 saturated carbocycles. The number of amides is 2. The van der Waals surface area contributed by atoms with Gasteiger partial charge < -0.3 is 5.73 Å². The fourth-order valence-corrected chi connectivity index (χ4v) is 1.83. The zero-order chi connectivity index (χ0) is 11.9. The van der Waals surface area contributed by atoms with Crippen molar-refractivity contribution in [2.45, 2.75) is 19.4 Å². The molecule has 0 bridgehead atoms. The second-order valence-corrected chi connectivity index (χ2v) is 4.51. The first-order chi connectivity index (χ1) is 7.49. The lowest BCUT2D eigenvalue weighted by atomic mass is 10.0. The highest BCUT2D eigenvalue weighted by atomic mass is 16.2. The molecular weight excluding hydrogens is 204 g/mol. The Morgan fingerprint density at radius 3 is 1.94 bits per heavy atom. The Morgan fingerprint density at radius 2 is 1.56 bits per heavy atom. The van der Waals surface area contributed by atoms with Crippen molar-refractivity contribution in [3.05, 3.63) is 35.4 Å². The summed E-state index contributed by atoms with van der Waals surface area (Å²) in [5.74, 6) is -0.507. The summed E-state index contributed by atoms with van der Waals surface area (Å²) < 4.78 is 0. The van der Waals surface area contributed by atoms with Crippen LogP contribution in [0.5, 0.6) is 0 Å². The summed E-state index contributed by atoms with van der Waals surface area (Å²) >= 11 is 0. The Labute approximate surface area is 94.0 Å². The first-order valence-corrected chi connectivity index (χ1v) is 5.17. The van der Waals surface area contributed by atoms with Crippen molar-refractivity contribution < 1.29 is 9.59 Å². The quantitative estimate of drug-likeness (QED) is 0.754. The molecule has 1 aromatic carbocycles. The third kappa shape index (κ3) is 1.34. The molecule has 1 heterocycles. The summed E-state index contributed by atoms with van der Waals surface area (Å²) in [5.41, 5.74) is 5.89. The van der Waals surface area contributed by atoms with Gasteiger partial charge in [0.25, 0.3) is 11.8 Å². The molecule has 2 rings (SSSR count). The lowest BCUT2D eigenvalue weighted by Gasteiger charge is -2.32. The number of carbonyl (C=O) groups is 2. The highest BCUT2D eigenvalue weighted by molar-refractivity contribution is 6.21. The van der Waals surface area contributed by atoms with Gasteiger partial charge in [-0.3, -0.25) is 14.5 Å². The van der Waals surface area contributed by atoms with Gasteiger partial charge in [-0.2, -0.15) is 0 Å². The molecule has 16 heavy (non-hydrogen) atoms. The van der Waals surface area contributed by atoms with Crippen molar-refractivity contribution in [1.82, 2.24) is 4.90 Å². The second-order valence-electron chi connectivity index (χ2n) is 4.51. The van der Waals surface area contributed by atoms with E-state index in [9.17, 15) is 9.59 Å². The topological polar surface area (TPSA) is 63.4 Å². The van der Waals surface area contributed by atoms with E-state index in [0.29, 0.717) is 11.1 Å². The van der Waals surface area contributed by atoms with E-state index in [1.807, 2.05) is 0 Å². The van der Waals surface area contributed by atoms with Crippen molar-refractivity contribution >= 4 is 11.8 Å². The Hall–Kier alpha value is -1.68. The van der Waals surface area contributed by atoms with Crippen molar-refractivity contribution in [2.75, 3.05) is 6.54 Å². The summed E-state index contributed by atoms with van der Waals surface area (Å²) in [6, 6.07) is 6.84. The number of rotatable bonds is 2. The van der Waals surface area contributed by atoms with Crippen LogP contribution < -0.4 is 5.73 Å². The number of nitrogens with two attached hydrogens (primary N) is 1. The van der Waals surface area contributed by atoms with Crippen molar-refractivity contribution in [3.8, 4) is 0 Å². The number of hydrogen-bond donors (Lipinski definition) is 1. The van der Waals surface area contributed by atoms with E-state index in [0.717, 1.165) is 0 Å². The minimum absolute atomic E-state index is 0.248. The van der Waals surface area contributed by atoms with Crippen LogP contribution in [0, 0.1) is 0 Å². The predicted octanol–water partition coefficient (Wildman–Crippen LogP) is 1.02. The highest BCUT2D eigenvalue weighted by Gasteiger charge is 2.42. The molecule has 1 aliphatic heterocycles. The van der Waals surface area contributed by atoms with Gasteiger partial charge in [0.15, 0.2) is 0 Å². The fourth-order valence-electron chi connectivity index (χ4n) is 1.83. The maximum atomic E-state index is 12.1.